The van der Waals surface area contributed by atoms with Gasteiger partial charge in [0.05, 0.1) is 4.47 Å². The molecule has 2 nitrogen and oxygen atoms in total. The van der Waals surface area contributed by atoms with Gasteiger partial charge in [0.1, 0.15) is 6.61 Å². The quantitative estimate of drug-likeness (QED) is 0.882. The molecule has 0 saturated heterocycles. The second-order valence-corrected chi connectivity index (χ2v) is 5.53. The summed E-state index contributed by atoms with van der Waals surface area (Å²) in [4.78, 5) is 0. The van der Waals surface area contributed by atoms with Crippen LogP contribution in [0.5, 0.6) is 5.75 Å². The van der Waals surface area contributed by atoms with Gasteiger partial charge in [0.25, 0.3) is 0 Å². The van der Waals surface area contributed by atoms with Gasteiger partial charge in [0.2, 0.25) is 0 Å². The van der Waals surface area contributed by atoms with Gasteiger partial charge in [-0.15, -0.1) is 0 Å². The van der Waals surface area contributed by atoms with Gasteiger partial charge in [-0.25, -0.2) is 4.39 Å². The summed E-state index contributed by atoms with van der Waals surface area (Å²) in [5.41, 5.74) is 1.72. The molecule has 0 radical (unpaired) electrons. The van der Waals surface area contributed by atoms with Crippen molar-refractivity contribution in [3.05, 3.63) is 63.9 Å². The Bertz CT molecular complexity index is 549. The maximum Gasteiger partial charge on any atom is 0.169 e. The van der Waals surface area contributed by atoms with E-state index in [4.69, 9.17) is 9.84 Å². The van der Waals surface area contributed by atoms with E-state index < -0.39 is 5.82 Å². The van der Waals surface area contributed by atoms with Crippen LogP contribution in [0.2, 0.25) is 0 Å². The molecular weight excluding hydrogens is 323 g/mol. The molecule has 1 N–H and O–H groups in total. The molecule has 0 aliphatic rings. The smallest absolute Gasteiger partial charge is 0.169 e. The van der Waals surface area contributed by atoms with Gasteiger partial charge in [-0.05, 0) is 39.2 Å². The van der Waals surface area contributed by atoms with Crippen LogP contribution in [-0.4, -0.2) is 11.7 Å². The average Bonchev–Trinajstić information content (AvgIpc) is 2.46. The number of aliphatic hydroxyl groups excluding tert-OH is 1. The van der Waals surface area contributed by atoms with Crippen LogP contribution >= 0.6 is 15.9 Å². The first-order valence-electron chi connectivity index (χ1n) is 6.38. The highest BCUT2D eigenvalue weighted by molar-refractivity contribution is 9.10. The minimum atomic E-state index is -0.425. The van der Waals surface area contributed by atoms with Crippen LogP contribution in [0.1, 0.15) is 24.0 Å². The normalized spacial score (nSPS) is 12.2. The van der Waals surface area contributed by atoms with Crippen LogP contribution < -0.4 is 4.74 Å². The van der Waals surface area contributed by atoms with E-state index >= 15 is 0 Å². The van der Waals surface area contributed by atoms with Gasteiger partial charge in [-0.3, -0.25) is 0 Å². The van der Waals surface area contributed by atoms with Crippen LogP contribution in [0, 0.1) is 5.82 Å². The number of rotatable bonds is 5. The Morgan fingerprint density at radius 3 is 2.55 bits per heavy atom. The summed E-state index contributed by atoms with van der Waals surface area (Å²) >= 11 is 3.32. The molecule has 106 valence electrons. The highest BCUT2D eigenvalue weighted by atomic mass is 79.9. The van der Waals surface area contributed by atoms with Crippen molar-refractivity contribution in [2.45, 2.75) is 19.4 Å². The lowest BCUT2D eigenvalue weighted by atomic mass is 10.0. The fourth-order valence-corrected chi connectivity index (χ4v) is 2.41. The fraction of sp³-hybridized carbons (Fsp3) is 0.250. The van der Waals surface area contributed by atoms with Crippen molar-refractivity contribution in [3.63, 3.8) is 0 Å². The fourth-order valence-electron chi connectivity index (χ4n) is 1.84. The summed E-state index contributed by atoms with van der Waals surface area (Å²) in [6, 6.07) is 12.8. The van der Waals surface area contributed by atoms with E-state index in [1.54, 1.807) is 6.07 Å². The van der Waals surface area contributed by atoms with E-state index in [1.807, 2.05) is 37.3 Å². The predicted molar refractivity (Wildman–Crippen MR) is 80.4 cm³/mol. The minimum absolute atomic E-state index is 0.0178. The van der Waals surface area contributed by atoms with Crippen LogP contribution in [0.4, 0.5) is 4.39 Å². The Labute approximate surface area is 126 Å². The second kappa shape index (κ2) is 6.86. The number of aliphatic hydroxyl groups is 1. The first kappa shape index (κ1) is 15.0. The number of benzene rings is 2. The number of hydrogen-bond acceptors (Lipinski definition) is 2. The van der Waals surface area contributed by atoms with Crippen molar-refractivity contribution >= 4 is 15.9 Å². The second-order valence-electron chi connectivity index (χ2n) is 4.67. The maximum absolute atomic E-state index is 14.1. The first-order valence-corrected chi connectivity index (χ1v) is 7.17. The van der Waals surface area contributed by atoms with Crippen molar-refractivity contribution < 1.29 is 14.2 Å². The van der Waals surface area contributed by atoms with E-state index in [0.717, 1.165) is 11.1 Å². The Balaban J connectivity index is 2.16. The van der Waals surface area contributed by atoms with E-state index in [0.29, 0.717) is 11.1 Å². The maximum atomic E-state index is 14.1. The lowest BCUT2D eigenvalue weighted by molar-refractivity contribution is 0.271. The monoisotopic (exact) mass is 338 g/mol. The average molecular weight is 339 g/mol. The lowest BCUT2D eigenvalue weighted by Gasteiger charge is -2.14. The van der Waals surface area contributed by atoms with Gasteiger partial charge in [0, 0.05) is 12.5 Å². The molecule has 1 atom stereocenters. The van der Waals surface area contributed by atoms with Gasteiger partial charge >= 0.3 is 0 Å². The number of halogens is 2. The summed E-state index contributed by atoms with van der Waals surface area (Å²) in [6.07, 6.45) is 0. The third-order valence-electron chi connectivity index (χ3n) is 3.09. The molecule has 0 aromatic heterocycles. The third-order valence-corrected chi connectivity index (χ3v) is 3.68. The van der Waals surface area contributed by atoms with E-state index in [9.17, 15) is 4.39 Å². The zero-order valence-corrected chi connectivity index (χ0v) is 12.7. The minimum Gasteiger partial charge on any atom is -0.485 e. The van der Waals surface area contributed by atoms with Gasteiger partial charge in [0.15, 0.2) is 11.6 Å². The van der Waals surface area contributed by atoms with Crippen LogP contribution in [-0.2, 0) is 6.61 Å². The standard InChI is InChI=1S/C16H16BrFO2/c1-11(9-19)13-7-14(17)16(15(18)8-13)20-10-12-5-3-2-4-6-12/h2-8,11,19H,9-10H2,1H3. The summed E-state index contributed by atoms with van der Waals surface area (Å²) in [5.74, 6) is -0.336. The summed E-state index contributed by atoms with van der Waals surface area (Å²) in [5, 5.41) is 9.12. The van der Waals surface area contributed by atoms with Gasteiger partial charge in [-0.2, -0.15) is 0 Å². The highest BCUT2D eigenvalue weighted by Gasteiger charge is 2.14. The van der Waals surface area contributed by atoms with Crippen LogP contribution in [0.15, 0.2) is 46.9 Å². The molecule has 0 aliphatic heterocycles. The van der Waals surface area contributed by atoms with Crippen molar-refractivity contribution in [1.29, 1.82) is 0 Å². The molecular formula is C16H16BrFO2. The van der Waals surface area contributed by atoms with E-state index in [-0.39, 0.29) is 18.3 Å². The topological polar surface area (TPSA) is 29.5 Å². The van der Waals surface area contributed by atoms with E-state index in [2.05, 4.69) is 15.9 Å². The van der Waals surface area contributed by atoms with Crippen molar-refractivity contribution in [2.75, 3.05) is 6.61 Å². The largest absolute Gasteiger partial charge is 0.485 e. The first-order chi connectivity index (χ1) is 9.61. The van der Waals surface area contributed by atoms with Crippen molar-refractivity contribution in [3.8, 4) is 5.75 Å². The SMILES string of the molecule is CC(CO)c1cc(F)c(OCc2ccccc2)c(Br)c1. The highest BCUT2D eigenvalue weighted by Crippen LogP contribution is 2.32. The van der Waals surface area contributed by atoms with Crippen molar-refractivity contribution in [1.82, 2.24) is 0 Å². The Morgan fingerprint density at radius 1 is 1.25 bits per heavy atom. The summed E-state index contributed by atoms with van der Waals surface area (Å²) < 4.78 is 20.2. The molecule has 0 amide bonds. The summed E-state index contributed by atoms with van der Waals surface area (Å²) in [6.45, 7) is 2.13. The molecule has 2 aromatic rings. The Hall–Kier alpha value is -1.39. The van der Waals surface area contributed by atoms with Crippen molar-refractivity contribution in [2.24, 2.45) is 0 Å². The molecule has 1 unspecified atom stereocenters. The molecule has 0 saturated carbocycles. The van der Waals surface area contributed by atoms with Crippen LogP contribution in [0.3, 0.4) is 0 Å². The lowest BCUT2D eigenvalue weighted by Crippen LogP contribution is -2.03. The molecule has 0 aliphatic carbocycles. The predicted octanol–water partition coefficient (Wildman–Crippen LogP) is 4.26. The van der Waals surface area contributed by atoms with Crippen LogP contribution in [0.25, 0.3) is 0 Å². The summed E-state index contributed by atoms with van der Waals surface area (Å²) in [7, 11) is 0. The Morgan fingerprint density at radius 2 is 1.95 bits per heavy atom. The molecule has 0 heterocycles. The van der Waals surface area contributed by atoms with Gasteiger partial charge < -0.3 is 9.84 Å². The number of hydrogen-bond donors (Lipinski definition) is 1. The molecule has 4 heteroatoms. The zero-order valence-electron chi connectivity index (χ0n) is 11.1. The third kappa shape index (κ3) is 3.58. The van der Waals surface area contributed by atoms with Gasteiger partial charge in [-0.1, -0.05) is 37.3 Å². The molecule has 2 rings (SSSR count). The molecule has 0 bridgehead atoms. The molecule has 2 aromatic carbocycles. The van der Waals surface area contributed by atoms with E-state index in [1.165, 1.54) is 6.07 Å². The Kier molecular flexibility index (Phi) is 5.15. The molecule has 0 spiro atoms. The molecule has 0 fully saturated rings. The zero-order chi connectivity index (χ0) is 14.5. The number of ether oxygens (including phenoxy) is 1. The molecule has 20 heavy (non-hydrogen) atoms.